The monoisotopic (exact) mass is 540 g/mol. The minimum absolute atomic E-state index is 0. The molecule has 0 aliphatic carbocycles. The number of carbonyl (C=O) groups excluding carboxylic acids is 2. The van der Waals surface area contributed by atoms with Gasteiger partial charge in [-0.25, -0.2) is 19.6 Å². The number of hydrogen-bond donors (Lipinski definition) is 2. The summed E-state index contributed by atoms with van der Waals surface area (Å²) in [4.78, 5) is 48.0. The van der Waals surface area contributed by atoms with Crippen molar-refractivity contribution in [1.29, 1.82) is 0 Å². The van der Waals surface area contributed by atoms with Crippen molar-refractivity contribution in [2.24, 2.45) is 0 Å². The molecule has 0 atom stereocenters. The Kier molecular flexibility index (Phi) is 15.0. The zero-order chi connectivity index (χ0) is 28.8. The van der Waals surface area contributed by atoms with Crippen LogP contribution in [0.3, 0.4) is 0 Å². The van der Waals surface area contributed by atoms with Gasteiger partial charge in [-0.1, -0.05) is 61.7 Å². The molecule has 2 aromatic carbocycles. The Labute approximate surface area is 240 Å². The van der Waals surface area contributed by atoms with E-state index in [1.165, 1.54) is 26.0 Å². The van der Waals surface area contributed by atoms with Crippen LogP contribution in [0.4, 0.5) is 0 Å². The molecule has 196 valence electrons. The summed E-state index contributed by atoms with van der Waals surface area (Å²) in [6.45, 7) is 9.20. The Morgan fingerprint density at radius 1 is 0.615 bits per heavy atom. The first kappa shape index (κ1) is 34.4. The molecule has 4 aromatic rings. The van der Waals surface area contributed by atoms with Gasteiger partial charge >= 0.3 is 35.0 Å². The van der Waals surface area contributed by atoms with Crippen molar-refractivity contribution >= 4 is 68.7 Å². The number of para-hydroxylation sites is 2. The molecule has 0 bridgehead atoms. The number of hydrogen-bond acceptors (Lipinski definition) is 8. The van der Waals surface area contributed by atoms with E-state index in [9.17, 15) is 29.4 Å². The fraction of sp³-hybridized carbons (Fsp3) is 0.0714. The minimum Gasteiger partial charge on any atom is -0.543 e. The van der Waals surface area contributed by atoms with Crippen LogP contribution >= 0.6 is 0 Å². The van der Waals surface area contributed by atoms with Crippen LogP contribution in [-0.4, -0.2) is 67.1 Å². The average molecular weight is 541 g/mol. The number of carbonyl (C=O) groups is 4. The zero-order valence-corrected chi connectivity index (χ0v) is 22.7. The molecular formula is C28H24MgN2O8. The van der Waals surface area contributed by atoms with Crippen LogP contribution in [0.2, 0.25) is 0 Å². The minimum atomic E-state index is -1.24. The van der Waals surface area contributed by atoms with Crippen molar-refractivity contribution in [3.63, 3.8) is 0 Å². The number of aromatic nitrogens is 2. The Bertz CT molecular complexity index is 1360. The van der Waals surface area contributed by atoms with Gasteiger partial charge in [0.2, 0.25) is 0 Å². The maximum atomic E-state index is 10.5. The smallest absolute Gasteiger partial charge is 0.543 e. The van der Waals surface area contributed by atoms with Gasteiger partial charge in [0.05, 0.1) is 34.4 Å². The van der Waals surface area contributed by atoms with Gasteiger partial charge in [0.25, 0.3) is 0 Å². The summed E-state index contributed by atoms with van der Waals surface area (Å²) in [6, 6.07) is 21.0. The average Bonchev–Trinajstić information content (AvgIpc) is 2.89. The SMILES string of the molecule is C=C(C)C(=O)O.C=C(C)C(=O)O.O=C([O-])c1ccc2ccccc2n1.O=C([O-])c1ccc2ccccc2n1.[Mg+2]. The summed E-state index contributed by atoms with van der Waals surface area (Å²) in [5.41, 5.74) is 1.64. The van der Waals surface area contributed by atoms with Gasteiger partial charge in [-0.05, 0) is 38.1 Å². The second kappa shape index (κ2) is 17.0. The van der Waals surface area contributed by atoms with Crippen molar-refractivity contribution in [1.82, 2.24) is 9.97 Å². The number of carboxylic acid groups (broad SMARTS) is 4. The Hall–Kier alpha value is -4.61. The number of pyridine rings is 2. The van der Waals surface area contributed by atoms with E-state index in [2.05, 4.69) is 23.1 Å². The maximum absolute atomic E-state index is 10.5. The van der Waals surface area contributed by atoms with Crippen LogP contribution in [0.1, 0.15) is 34.8 Å². The summed E-state index contributed by atoms with van der Waals surface area (Å²) in [6.07, 6.45) is 0. The molecule has 0 amide bonds. The Morgan fingerprint density at radius 3 is 1.15 bits per heavy atom. The molecule has 39 heavy (non-hydrogen) atoms. The predicted molar refractivity (Wildman–Crippen MR) is 143 cm³/mol. The van der Waals surface area contributed by atoms with Crippen molar-refractivity contribution < 1.29 is 39.6 Å². The molecule has 0 aliphatic heterocycles. The number of nitrogens with zero attached hydrogens (tertiary/aromatic N) is 2. The molecule has 0 saturated carbocycles. The number of fused-ring (bicyclic) bond motifs is 2. The molecule has 2 aromatic heterocycles. The summed E-state index contributed by atoms with van der Waals surface area (Å²) in [7, 11) is 0. The number of aromatic carboxylic acids is 2. The summed E-state index contributed by atoms with van der Waals surface area (Å²) >= 11 is 0. The quantitative estimate of drug-likeness (QED) is 0.287. The van der Waals surface area contributed by atoms with Gasteiger partial charge in [0.1, 0.15) is 0 Å². The summed E-state index contributed by atoms with van der Waals surface area (Å²) in [5, 5.41) is 38.6. The third-order valence-corrected chi connectivity index (χ3v) is 4.35. The molecule has 2 heterocycles. The fourth-order valence-corrected chi connectivity index (χ4v) is 2.36. The molecule has 0 spiro atoms. The van der Waals surface area contributed by atoms with E-state index in [0.29, 0.717) is 11.0 Å². The van der Waals surface area contributed by atoms with Crippen LogP contribution in [0.5, 0.6) is 0 Å². The number of rotatable bonds is 4. The second-order valence-electron chi connectivity index (χ2n) is 7.52. The van der Waals surface area contributed by atoms with Gasteiger partial charge in [-0.2, -0.15) is 0 Å². The zero-order valence-electron chi connectivity index (χ0n) is 21.3. The second-order valence-corrected chi connectivity index (χ2v) is 7.52. The Morgan fingerprint density at radius 2 is 0.897 bits per heavy atom. The van der Waals surface area contributed by atoms with Crippen LogP contribution in [0, 0.1) is 0 Å². The van der Waals surface area contributed by atoms with Crippen LogP contribution in [-0.2, 0) is 9.59 Å². The van der Waals surface area contributed by atoms with E-state index < -0.39 is 23.9 Å². The molecular weight excluding hydrogens is 517 g/mol. The molecule has 0 saturated heterocycles. The van der Waals surface area contributed by atoms with Crippen molar-refractivity contribution in [2.45, 2.75) is 13.8 Å². The third kappa shape index (κ3) is 12.5. The van der Waals surface area contributed by atoms with Crippen LogP contribution < -0.4 is 10.2 Å². The van der Waals surface area contributed by atoms with Crippen molar-refractivity contribution in [3.8, 4) is 0 Å². The maximum Gasteiger partial charge on any atom is 2.00 e. The molecule has 0 radical (unpaired) electrons. The van der Waals surface area contributed by atoms with E-state index in [4.69, 9.17) is 10.2 Å². The molecule has 11 heteroatoms. The molecule has 0 aliphatic rings. The molecule has 10 nitrogen and oxygen atoms in total. The van der Waals surface area contributed by atoms with Crippen LogP contribution in [0.25, 0.3) is 21.8 Å². The summed E-state index contributed by atoms with van der Waals surface area (Å²) in [5.74, 6) is -4.36. The molecule has 2 N–H and O–H groups in total. The number of benzene rings is 2. The number of aliphatic carboxylic acids is 2. The van der Waals surface area contributed by atoms with Gasteiger partial charge in [-0.15, -0.1) is 0 Å². The van der Waals surface area contributed by atoms with Crippen molar-refractivity contribution in [2.75, 3.05) is 0 Å². The van der Waals surface area contributed by atoms with Crippen molar-refractivity contribution in [3.05, 3.63) is 108 Å². The van der Waals surface area contributed by atoms with Gasteiger partial charge in [-0.3, -0.25) is 0 Å². The van der Waals surface area contributed by atoms with E-state index in [1.54, 1.807) is 24.3 Å². The van der Waals surface area contributed by atoms with E-state index in [0.717, 1.165) is 10.8 Å². The first-order valence-electron chi connectivity index (χ1n) is 10.7. The predicted octanol–water partition coefficient (Wildman–Crippen LogP) is 2.11. The van der Waals surface area contributed by atoms with E-state index in [-0.39, 0.29) is 45.6 Å². The normalized spacial score (nSPS) is 9.08. The summed E-state index contributed by atoms with van der Waals surface area (Å²) < 4.78 is 0. The van der Waals surface area contributed by atoms with E-state index in [1.807, 2.05) is 36.4 Å². The third-order valence-electron chi connectivity index (χ3n) is 4.35. The molecule has 4 rings (SSSR count). The van der Waals surface area contributed by atoms with Gasteiger partial charge < -0.3 is 30.0 Å². The Balaban J connectivity index is 0.000000524. The topological polar surface area (TPSA) is 181 Å². The number of carboxylic acids is 4. The first-order chi connectivity index (χ1) is 17.8. The largest absolute Gasteiger partial charge is 2.00 e. The van der Waals surface area contributed by atoms with E-state index >= 15 is 0 Å². The standard InChI is InChI=1S/2C10H7NO2.2C4H6O2.Mg/c2*12-10(13)9-6-5-7-3-1-2-4-8(7)11-9;2*1-3(2)4(5)6;/h2*1-6H,(H,12,13);2*1H2,2H3,(H,5,6);/q;;;;+2/p-2. The molecule has 0 unspecified atom stereocenters. The molecule has 0 fully saturated rings. The first-order valence-corrected chi connectivity index (χ1v) is 10.7. The van der Waals surface area contributed by atoms with Gasteiger partial charge in [0, 0.05) is 21.9 Å². The van der Waals surface area contributed by atoms with Crippen LogP contribution in [0.15, 0.2) is 97.1 Å². The fourth-order valence-electron chi connectivity index (χ4n) is 2.36. The van der Waals surface area contributed by atoms with Gasteiger partial charge in [0.15, 0.2) is 0 Å².